The monoisotopic (exact) mass is 302 g/mol. The second-order valence-corrected chi connectivity index (χ2v) is 6.10. The molecule has 0 aromatic heterocycles. The maximum atomic E-state index is 12.3. The summed E-state index contributed by atoms with van der Waals surface area (Å²) in [7, 11) is 1.70. The lowest BCUT2D eigenvalue weighted by Crippen LogP contribution is -2.58. The van der Waals surface area contributed by atoms with Gasteiger partial charge in [0.15, 0.2) is 0 Å². The Morgan fingerprint density at radius 1 is 1.33 bits per heavy atom. The van der Waals surface area contributed by atoms with Crippen LogP contribution in [0.2, 0.25) is 0 Å². The van der Waals surface area contributed by atoms with Crippen LogP contribution < -0.4 is 5.32 Å². The Morgan fingerprint density at radius 3 is 2.48 bits per heavy atom. The number of hydrogen-bond acceptors (Lipinski definition) is 5. The van der Waals surface area contributed by atoms with E-state index in [1.807, 2.05) is 13.8 Å². The van der Waals surface area contributed by atoms with Crippen molar-refractivity contribution in [2.75, 3.05) is 46.5 Å². The van der Waals surface area contributed by atoms with Crippen molar-refractivity contribution in [1.82, 2.24) is 10.2 Å². The first kappa shape index (κ1) is 20.3. The molecule has 0 bridgehead atoms. The van der Waals surface area contributed by atoms with Gasteiger partial charge in [0.25, 0.3) is 0 Å². The third kappa shape index (κ3) is 8.39. The van der Waals surface area contributed by atoms with Crippen LogP contribution in [0.3, 0.4) is 0 Å². The molecule has 5 heteroatoms. The minimum Gasteiger partial charge on any atom is -0.465 e. The summed E-state index contributed by atoms with van der Waals surface area (Å²) in [5.41, 5.74) is -0.672. The molecule has 21 heavy (non-hydrogen) atoms. The van der Waals surface area contributed by atoms with Crippen LogP contribution in [0.4, 0.5) is 0 Å². The number of nitrogens with zero attached hydrogens (tertiary/aromatic N) is 1. The zero-order chi connectivity index (χ0) is 16.3. The second-order valence-electron chi connectivity index (χ2n) is 6.10. The van der Waals surface area contributed by atoms with Crippen molar-refractivity contribution in [3.05, 3.63) is 0 Å². The van der Waals surface area contributed by atoms with Crippen LogP contribution in [0, 0.1) is 5.92 Å². The Kier molecular flexibility index (Phi) is 10.6. The van der Waals surface area contributed by atoms with E-state index in [1.54, 1.807) is 7.11 Å². The predicted octanol–water partition coefficient (Wildman–Crippen LogP) is 1.91. The molecule has 0 aliphatic heterocycles. The zero-order valence-corrected chi connectivity index (χ0v) is 14.7. The number of hydrogen-bond donors (Lipinski definition) is 1. The van der Waals surface area contributed by atoms with Gasteiger partial charge in [-0.1, -0.05) is 20.8 Å². The van der Waals surface area contributed by atoms with Crippen molar-refractivity contribution in [3.8, 4) is 0 Å². The average Bonchev–Trinajstić information content (AvgIpc) is 2.42. The van der Waals surface area contributed by atoms with E-state index in [-0.39, 0.29) is 5.97 Å². The van der Waals surface area contributed by atoms with Crippen LogP contribution in [0.5, 0.6) is 0 Å². The first-order chi connectivity index (χ1) is 9.89. The summed E-state index contributed by atoms with van der Waals surface area (Å²) in [5.74, 6) is 0.365. The number of methoxy groups -OCH3 is 1. The molecule has 0 saturated carbocycles. The quantitative estimate of drug-likeness (QED) is 0.558. The molecule has 0 heterocycles. The van der Waals surface area contributed by atoms with Crippen LogP contribution in [0.25, 0.3) is 0 Å². The zero-order valence-electron chi connectivity index (χ0n) is 14.7. The van der Waals surface area contributed by atoms with Crippen molar-refractivity contribution in [2.24, 2.45) is 5.92 Å². The first-order valence-electron chi connectivity index (χ1n) is 8.03. The van der Waals surface area contributed by atoms with E-state index in [1.165, 1.54) is 0 Å². The summed E-state index contributed by atoms with van der Waals surface area (Å²) in [6.07, 6.45) is 0.983. The molecule has 0 amide bonds. The molecule has 126 valence electrons. The second kappa shape index (κ2) is 11.0. The number of carbonyl (C=O) groups excluding carboxylic acids is 1. The average molecular weight is 302 g/mol. The van der Waals surface area contributed by atoms with E-state index in [2.05, 4.69) is 31.0 Å². The van der Waals surface area contributed by atoms with Gasteiger partial charge in [-0.3, -0.25) is 9.69 Å². The Balaban J connectivity index is 4.87. The molecule has 1 unspecified atom stereocenters. The van der Waals surface area contributed by atoms with E-state index in [4.69, 9.17) is 9.47 Å². The molecule has 0 aliphatic rings. The number of ether oxygens (including phenoxy) is 2. The molecule has 1 atom stereocenters. The van der Waals surface area contributed by atoms with Crippen molar-refractivity contribution in [2.45, 2.75) is 46.6 Å². The fraction of sp³-hybridized carbons (Fsp3) is 0.938. The van der Waals surface area contributed by atoms with Gasteiger partial charge < -0.3 is 14.8 Å². The third-order valence-electron chi connectivity index (χ3n) is 3.27. The van der Waals surface area contributed by atoms with Crippen molar-refractivity contribution in [1.29, 1.82) is 0 Å². The van der Waals surface area contributed by atoms with E-state index < -0.39 is 5.54 Å². The van der Waals surface area contributed by atoms with Crippen molar-refractivity contribution >= 4 is 5.97 Å². The highest BCUT2D eigenvalue weighted by atomic mass is 16.5. The SMILES string of the molecule is CCCNC(C)(CN(CCOC)CC(C)C)C(=O)OCC. The molecule has 0 rings (SSSR count). The lowest BCUT2D eigenvalue weighted by Gasteiger charge is -2.35. The molecule has 5 nitrogen and oxygen atoms in total. The van der Waals surface area contributed by atoms with E-state index in [0.29, 0.717) is 25.7 Å². The lowest BCUT2D eigenvalue weighted by molar-refractivity contribution is -0.151. The predicted molar refractivity (Wildman–Crippen MR) is 86.5 cm³/mol. The third-order valence-corrected chi connectivity index (χ3v) is 3.27. The standard InChI is InChI=1S/C16H34N2O3/c1-7-9-17-16(5,15(19)21-8-2)13-18(10-11-20-6)12-14(3)4/h14,17H,7-13H2,1-6H3. The topological polar surface area (TPSA) is 50.8 Å². The summed E-state index contributed by atoms with van der Waals surface area (Å²) >= 11 is 0. The molecule has 0 aromatic rings. The molecule has 0 radical (unpaired) electrons. The molecular weight excluding hydrogens is 268 g/mol. The Labute approximate surface area is 130 Å². The fourth-order valence-corrected chi connectivity index (χ4v) is 2.30. The van der Waals surface area contributed by atoms with Crippen molar-refractivity contribution < 1.29 is 14.3 Å². The van der Waals surface area contributed by atoms with Gasteiger partial charge in [-0.05, 0) is 32.7 Å². The van der Waals surface area contributed by atoms with Crippen LogP contribution in [-0.4, -0.2) is 62.9 Å². The molecule has 0 saturated heterocycles. The highest BCUT2D eigenvalue weighted by molar-refractivity contribution is 5.80. The van der Waals surface area contributed by atoms with Crippen molar-refractivity contribution in [3.63, 3.8) is 0 Å². The minimum absolute atomic E-state index is 0.176. The Hall–Kier alpha value is -0.650. The van der Waals surface area contributed by atoms with Gasteiger partial charge in [0.05, 0.1) is 13.2 Å². The van der Waals surface area contributed by atoms with Gasteiger partial charge in [0, 0.05) is 26.7 Å². The normalized spacial score (nSPS) is 14.5. The Bertz CT molecular complexity index is 285. The summed E-state index contributed by atoms with van der Waals surface area (Å²) in [6.45, 7) is 14.5. The molecule has 0 aliphatic carbocycles. The molecule has 0 spiro atoms. The van der Waals surface area contributed by atoms with Gasteiger partial charge in [0.2, 0.25) is 0 Å². The van der Waals surface area contributed by atoms with Gasteiger partial charge in [-0.25, -0.2) is 0 Å². The summed E-state index contributed by atoms with van der Waals surface area (Å²) in [5, 5.41) is 3.35. The first-order valence-corrected chi connectivity index (χ1v) is 8.03. The van der Waals surface area contributed by atoms with Crippen LogP contribution >= 0.6 is 0 Å². The molecule has 1 N–H and O–H groups in total. The number of carbonyl (C=O) groups is 1. The van der Waals surface area contributed by atoms with Crippen LogP contribution in [0.15, 0.2) is 0 Å². The van der Waals surface area contributed by atoms with Crippen LogP contribution in [0.1, 0.15) is 41.0 Å². The maximum absolute atomic E-state index is 12.3. The van der Waals surface area contributed by atoms with E-state index in [9.17, 15) is 4.79 Å². The number of esters is 1. The lowest BCUT2D eigenvalue weighted by atomic mass is 10.0. The molecule has 0 aromatic carbocycles. The highest BCUT2D eigenvalue weighted by Gasteiger charge is 2.36. The van der Waals surface area contributed by atoms with Gasteiger partial charge in [-0.15, -0.1) is 0 Å². The van der Waals surface area contributed by atoms with Gasteiger partial charge in [-0.2, -0.15) is 0 Å². The Morgan fingerprint density at radius 2 is 2.00 bits per heavy atom. The number of rotatable bonds is 12. The smallest absolute Gasteiger partial charge is 0.327 e. The summed E-state index contributed by atoms with van der Waals surface area (Å²) in [4.78, 5) is 14.6. The minimum atomic E-state index is -0.672. The van der Waals surface area contributed by atoms with Crippen LogP contribution in [-0.2, 0) is 14.3 Å². The fourth-order valence-electron chi connectivity index (χ4n) is 2.30. The highest BCUT2D eigenvalue weighted by Crippen LogP contribution is 2.12. The molecule has 0 fully saturated rings. The summed E-state index contributed by atoms with van der Waals surface area (Å²) in [6, 6.07) is 0. The maximum Gasteiger partial charge on any atom is 0.327 e. The van der Waals surface area contributed by atoms with E-state index in [0.717, 1.165) is 26.1 Å². The largest absolute Gasteiger partial charge is 0.465 e. The van der Waals surface area contributed by atoms with Gasteiger partial charge in [0.1, 0.15) is 5.54 Å². The summed E-state index contributed by atoms with van der Waals surface area (Å²) < 4.78 is 10.4. The van der Waals surface area contributed by atoms with Gasteiger partial charge >= 0.3 is 5.97 Å². The molecular formula is C16H34N2O3. The number of nitrogens with one attached hydrogen (secondary N) is 1. The van der Waals surface area contributed by atoms with E-state index >= 15 is 0 Å².